The Hall–Kier alpha value is -2.45. The van der Waals surface area contributed by atoms with E-state index in [0.29, 0.717) is 36.7 Å². The summed E-state index contributed by atoms with van der Waals surface area (Å²) < 4.78 is 10.7. The smallest absolute Gasteiger partial charge is 0.234 e. The fourth-order valence-electron chi connectivity index (χ4n) is 2.56. The molecule has 0 unspecified atom stereocenters. The number of ether oxygens (including phenoxy) is 2. The summed E-state index contributed by atoms with van der Waals surface area (Å²) in [6.07, 6.45) is 0. The zero-order valence-electron chi connectivity index (χ0n) is 15.0. The molecule has 2 aromatic rings. The van der Waals surface area contributed by atoms with Gasteiger partial charge in [-0.15, -0.1) is 0 Å². The molecule has 1 aromatic carbocycles. The zero-order chi connectivity index (χ0) is 18.4. The van der Waals surface area contributed by atoms with Gasteiger partial charge in [0.15, 0.2) is 5.11 Å². The maximum absolute atomic E-state index is 5.39. The minimum atomic E-state index is 0.409. The van der Waals surface area contributed by atoms with E-state index in [4.69, 9.17) is 21.7 Å². The molecule has 3 rings (SSSR count). The first-order chi connectivity index (χ1) is 12.6. The molecule has 1 aromatic heterocycles. The lowest BCUT2D eigenvalue weighted by Crippen LogP contribution is -2.37. The van der Waals surface area contributed by atoms with Crippen molar-refractivity contribution in [2.24, 2.45) is 0 Å². The molecule has 0 amide bonds. The molecule has 1 fully saturated rings. The summed E-state index contributed by atoms with van der Waals surface area (Å²) in [6.45, 7) is 5.64. The van der Waals surface area contributed by atoms with Crippen LogP contribution in [0.25, 0.3) is 0 Å². The highest BCUT2D eigenvalue weighted by Gasteiger charge is 2.15. The Morgan fingerprint density at radius 3 is 2.65 bits per heavy atom. The third-order valence-electron chi connectivity index (χ3n) is 4.03. The number of nitrogens with one attached hydrogen (secondary N) is 2. The first kappa shape index (κ1) is 18.3. The number of morpholine rings is 1. The largest absolute Gasteiger partial charge is 0.481 e. The van der Waals surface area contributed by atoms with Crippen LogP contribution in [-0.2, 0) is 11.3 Å². The van der Waals surface area contributed by atoms with Crippen LogP contribution >= 0.6 is 12.2 Å². The van der Waals surface area contributed by atoms with Crippen LogP contribution in [0.2, 0.25) is 0 Å². The van der Waals surface area contributed by atoms with Gasteiger partial charge in [-0.2, -0.15) is 9.97 Å². The predicted molar refractivity (Wildman–Crippen MR) is 106 cm³/mol. The van der Waals surface area contributed by atoms with Crippen LogP contribution in [0.15, 0.2) is 30.3 Å². The monoisotopic (exact) mass is 373 g/mol. The lowest BCUT2D eigenvalue weighted by Gasteiger charge is -2.28. The van der Waals surface area contributed by atoms with E-state index in [1.807, 2.05) is 6.07 Å². The maximum atomic E-state index is 5.39. The number of methoxy groups -OCH3 is 1. The summed E-state index contributed by atoms with van der Waals surface area (Å²) >= 11 is 5.36. The van der Waals surface area contributed by atoms with Gasteiger partial charge in [-0.25, -0.2) is 0 Å². The lowest BCUT2D eigenvalue weighted by molar-refractivity contribution is 0.122. The van der Waals surface area contributed by atoms with Crippen molar-refractivity contribution in [2.45, 2.75) is 13.5 Å². The first-order valence-corrected chi connectivity index (χ1v) is 8.91. The molecule has 138 valence electrons. The molecule has 0 spiro atoms. The molecule has 0 radical (unpaired) electrons. The fourth-order valence-corrected chi connectivity index (χ4v) is 2.73. The van der Waals surface area contributed by atoms with E-state index in [9.17, 15) is 0 Å². The van der Waals surface area contributed by atoms with E-state index in [2.05, 4.69) is 56.7 Å². The second kappa shape index (κ2) is 8.77. The highest BCUT2D eigenvalue weighted by atomic mass is 32.1. The van der Waals surface area contributed by atoms with Gasteiger partial charge in [0.05, 0.1) is 20.3 Å². The summed E-state index contributed by atoms with van der Waals surface area (Å²) in [5, 5.41) is 6.67. The number of thiocarbonyl (C=S) groups is 1. The Bertz CT molecular complexity index is 748. The topological polar surface area (TPSA) is 71.5 Å². The Morgan fingerprint density at radius 2 is 1.96 bits per heavy atom. The number of rotatable bonds is 5. The van der Waals surface area contributed by atoms with Crippen molar-refractivity contribution in [1.82, 2.24) is 15.3 Å². The van der Waals surface area contributed by atoms with Crippen LogP contribution in [0.4, 0.5) is 11.8 Å². The molecule has 1 aliphatic rings. The summed E-state index contributed by atoms with van der Waals surface area (Å²) in [5.41, 5.74) is 2.38. The molecule has 0 bridgehead atoms. The molecule has 1 aliphatic heterocycles. The number of nitrogens with zero attached hydrogens (tertiary/aromatic N) is 3. The Balaban J connectivity index is 1.63. The SMILES string of the molecule is COc1cc(N2CCOCC2)nc(NC(=S)NCc2ccc(C)cc2)n1. The summed E-state index contributed by atoms with van der Waals surface area (Å²) in [7, 11) is 1.59. The van der Waals surface area contributed by atoms with Crippen LogP contribution in [-0.4, -0.2) is 48.5 Å². The van der Waals surface area contributed by atoms with E-state index in [0.717, 1.165) is 24.5 Å². The molecule has 0 aliphatic carbocycles. The molecular formula is C18H23N5O2S. The van der Waals surface area contributed by atoms with Gasteiger partial charge in [-0.1, -0.05) is 29.8 Å². The van der Waals surface area contributed by atoms with E-state index in [-0.39, 0.29) is 0 Å². The third kappa shape index (κ3) is 5.03. The molecule has 0 saturated carbocycles. The average molecular weight is 373 g/mol. The normalized spacial score (nSPS) is 14.0. The molecule has 2 heterocycles. The predicted octanol–water partition coefficient (Wildman–Crippen LogP) is 2.12. The molecular weight excluding hydrogens is 350 g/mol. The van der Waals surface area contributed by atoms with Crippen molar-refractivity contribution in [3.8, 4) is 5.88 Å². The van der Waals surface area contributed by atoms with Crippen molar-refractivity contribution in [1.29, 1.82) is 0 Å². The Labute approximate surface area is 158 Å². The number of benzene rings is 1. The fraction of sp³-hybridized carbons (Fsp3) is 0.389. The average Bonchev–Trinajstić information content (AvgIpc) is 2.68. The minimum Gasteiger partial charge on any atom is -0.481 e. The van der Waals surface area contributed by atoms with Gasteiger partial charge in [-0.3, -0.25) is 0 Å². The van der Waals surface area contributed by atoms with Gasteiger partial charge >= 0.3 is 0 Å². The number of hydrogen-bond donors (Lipinski definition) is 2. The first-order valence-electron chi connectivity index (χ1n) is 8.50. The quantitative estimate of drug-likeness (QED) is 0.773. The van der Waals surface area contributed by atoms with Gasteiger partial charge in [0.25, 0.3) is 0 Å². The standard InChI is InChI=1S/C18H23N5O2S/c1-13-3-5-14(6-4-13)12-19-18(26)22-17-20-15(11-16(21-17)24-2)23-7-9-25-10-8-23/h3-6,11H,7-10,12H2,1-2H3,(H2,19,20,21,22,26). The molecule has 0 atom stereocenters. The second-order valence-electron chi connectivity index (χ2n) is 5.98. The van der Waals surface area contributed by atoms with Crippen LogP contribution in [0.3, 0.4) is 0 Å². The number of hydrogen-bond acceptors (Lipinski definition) is 6. The summed E-state index contributed by atoms with van der Waals surface area (Å²) in [4.78, 5) is 11.0. The minimum absolute atomic E-state index is 0.409. The lowest BCUT2D eigenvalue weighted by atomic mass is 10.1. The van der Waals surface area contributed by atoms with Gasteiger partial charge in [-0.05, 0) is 24.7 Å². The summed E-state index contributed by atoms with van der Waals surface area (Å²) in [5.74, 6) is 1.70. The Morgan fingerprint density at radius 1 is 1.23 bits per heavy atom. The highest BCUT2D eigenvalue weighted by molar-refractivity contribution is 7.80. The Kier molecular flexibility index (Phi) is 6.19. The van der Waals surface area contributed by atoms with Crippen molar-refractivity contribution in [3.05, 3.63) is 41.5 Å². The van der Waals surface area contributed by atoms with E-state index >= 15 is 0 Å². The van der Waals surface area contributed by atoms with Gasteiger partial charge in [0.1, 0.15) is 5.82 Å². The van der Waals surface area contributed by atoms with Crippen molar-refractivity contribution in [2.75, 3.05) is 43.6 Å². The molecule has 2 N–H and O–H groups in total. The maximum Gasteiger partial charge on any atom is 0.234 e. The van der Waals surface area contributed by atoms with Crippen molar-refractivity contribution < 1.29 is 9.47 Å². The molecule has 1 saturated heterocycles. The van der Waals surface area contributed by atoms with E-state index < -0.39 is 0 Å². The molecule has 26 heavy (non-hydrogen) atoms. The zero-order valence-corrected chi connectivity index (χ0v) is 15.8. The third-order valence-corrected chi connectivity index (χ3v) is 4.28. The molecule has 7 nitrogen and oxygen atoms in total. The van der Waals surface area contributed by atoms with Gasteiger partial charge < -0.3 is 25.0 Å². The van der Waals surface area contributed by atoms with E-state index in [1.165, 1.54) is 5.56 Å². The van der Waals surface area contributed by atoms with Crippen molar-refractivity contribution >= 4 is 29.1 Å². The summed E-state index contributed by atoms with van der Waals surface area (Å²) in [6, 6.07) is 10.1. The highest BCUT2D eigenvalue weighted by Crippen LogP contribution is 2.20. The number of aromatic nitrogens is 2. The number of aryl methyl sites for hydroxylation is 1. The molecule has 8 heteroatoms. The van der Waals surface area contributed by atoms with E-state index in [1.54, 1.807) is 7.11 Å². The van der Waals surface area contributed by atoms with Gasteiger partial charge in [0, 0.05) is 25.7 Å². The van der Waals surface area contributed by atoms with Gasteiger partial charge in [0.2, 0.25) is 11.8 Å². The van der Waals surface area contributed by atoms with Crippen LogP contribution in [0.1, 0.15) is 11.1 Å². The van der Waals surface area contributed by atoms with Crippen LogP contribution in [0, 0.1) is 6.92 Å². The van der Waals surface area contributed by atoms with Crippen molar-refractivity contribution in [3.63, 3.8) is 0 Å². The second-order valence-corrected chi connectivity index (χ2v) is 6.39. The van der Waals surface area contributed by atoms with Crippen LogP contribution in [0.5, 0.6) is 5.88 Å². The van der Waals surface area contributed by atoms with Crippen LogP contribution < -0.4 is 20.3 Å². The number of anilines is 2.